The maximum atomic E-state index is 13.0. The van der Waals surface area contributed by atoms with Gasteiger partial charge in [0.1, 0.15) is 0 Å². The van der Waals surface area contributed by atoms with Crippen molar-refractivity contribution in [3.8, 4) is 0 Å². The molecule has 0 saturated carbocycles. The molecular weight excluding hydrogens is 332 g/mol. The molecule has 2 N–H and O–H groups in total. The van der Waals surface area contributed by atoms with Gasteiger partial charge in [0.25, 0.3) is 0 Å². The van der Waals surface area contributed by atoms with E-state index in [1.54, 1.807) is 0 Å². The quantitative estimate of drug-likeness (QED) is 0.705. The van der Waals surface area contributed by atoms with Crippen molar-refractivity contribution in [3.05, 3.63) is 34.9 Å². The Morgan fingerprint density at radius 1 is 0.955 bits per heavy atom. The molecule has 1 rings (SSSR count). The first-order valence-electron chi connectivity index (χ1n) is 6.47. The van der Waals surface area contributed by atoms with Crippen LogP contribution in [0.2, 0.25) is 0 Å². The number of hydrogen-bond acceptors (Lipinski definition) is 1. The smallest absolute Gasteiger partial charge is 0.324 e. The fraction of sp³-hybridized carbons (Fsp3) is 0.571. The van der Waals surface area contributed by atoms with E-state index in [4.69, 9.17) is 5.73 Å². The molecular formula is C14H18ClF6N. The van der Waals surface area contributed by atoms with Crippen molar-refractivity contribution in [3.63, 3.8) is 0 Å². The van der Waals surface area contributed by atoms with Crippen molar-refractivity contribution in [1.29, 1.82) is 0 Å². The van der Waals surface area contributed by atoms with Crippen LogP contribution in [-0.2, 0) is 12.4 Å². The van der Waals surface area contributed by atoms with E-state index in [2.05, 4.69) is 0 Å². The summed E-state index contributed by atoms with van der Waals surface area (Å²) in [5.41, 5.74) is 2.79. The Morgan fingerprint density at radius 2 is 1.50 bits per heavy atom. The van der Waals surface area contributed by atoms with Gasteiger partial charge in [0.05, 0.1) is 11.1 Å². The Labute approximate surface area is 131 Å². The van der Waals surface area contributed by atoms with E-state index in [0.29, 0.717) is 12.5 Å². The van der Waals surface area contributed by atoms with Crippen LogP contribution in [0.1, 0.15) is 49.4 Å². The molecule has 8 heteroatoms. The monoisotopic (exact) mass is 349 g/mol. The largest absolute Gasteiger partial charge is 0.416 e. The minimum absolute atomic E-state index is 0. The van der Waals surface area contributed by atoms with Crippen molar-refractivity contribution < 1.29 is 26.3 Å². The van der Waals surface area contributed by atoms with Crippen LogP contribution < -0.4 is 5.73 Å². The van der Waals surface area contributed by atoms with Crippen LogP contribution >= 0.6 is 12.4 Å². The summed E-state index contributed by atoms with van der Waals surface area (Å²) in [5.74, 6) is 0.250. The van der Waals surface area contributed by atoms with Crippen LogP contribution in [0, 0.1) is 5.92 Å². The lowest BCUT2D eigenvalue weighted by atomic mass is 9.93. The molecule has 0 bridgehead atoms. The Hall–Kier alpha value is -0.950. The molecule has 1 aromatic rings. The Kier molecular flexibility index (Phi) is 7.22. The average molecular weight is 350 g/mol. The van der Waals surface area contributed by atoms with Crippen LogP contribution in [0.25, 0.3) is 0 Å². The number of nitrogens with two attached hydrogens (primary N) is 1. The molecule has 0 aliphatic carbocycles. The van der Waals surface area contributed by atoms with Crippen LogP contribution in [0.4, 0.5) is 26.3 Å². The van der Waals surface area contributed by atoms with E-state index >= 15 is 0 Å². The molecule has 22 heavy (non-hydrogen) atoms. The van der Waals surface area contributed by atoms with Crippen molar-refractivity contribution in [2.24, 2.45) is 11.7 Å². The number of halogens is 7. The van der Waals surface area contributed by atoms with Gasteiger partial charge in [-0.3, -0.25) is 0 Å². The molecule has 1 atom stereocenters. The van der Waals surface area contributed by atoms with Gasteiger partial charge in [-0.25, -0.2) is 0 Å². The van der Waals surface area contributed by atoms with Crippen molar-refractivity contribution in [1.82, 2.24) is 0 Å². The molecule has 0 unspecified atom stereocenters. The minimum atomic E-state index is -4.87. The Morgan fingerprint density at radius 3 is 1.91 bits per heavy atom. The lowest BCUT2D eigenvalue weighted by Gasteiger charge is -2.20. The summed E-state index contributed by atoms with van der Waals surface area (Å²) in [6, 6.07) is 0.660. The maximum absolute atomic E-state index is 13.0. The molecule has 0 aliphatic heterocycles. The second-order valence-electron chi connectivity index (χ2n) is 5.38. The first kappa shape index (κ1) is 21.0. The first-order valence-corrected chi connectivity index (χ1v) is 6.47. The molecule has 0 saturated heterocycles. The highest BCUT2D eigenvalue weighted by molar-refractivity contribution is 5.85. The van der Waals surface area contributed by atoms with Gasteiger partial charge < -0.3 is 5.73 Å². The van der Waals surface area contributed by atoms with Crippen LogP contribution in [0.5, 0.6) is 0 Å². The van der Waals surface area contributed by atoms with Gasteiger partial charge in [0, 0.05) is 6.04 Å². The zero-order valence-electron chi connectivity index (χ0n) is 12.1. The third-order valence-corrected chi connectivity index (χ3v) is 3.14. The van der Waals surface area contributed by atoms with Crippen LogP contribution in [-0.4, -0.2) is 0 Å². The Balaban J connectivity index is 0.00000441. The van der Waals surface area contributed by atoms with Gasteiger partial charge in [0.15, 0.2) is 0 Å². The SMILES string of the molecule is CC(C)CC[C@@H](N)c1ccc(C(F)(F)F)cc1C(F)(F)F.Cl. The van der Waals surface area contributed by atoms with Crippen LogP contribution in [0.3, 0.4) is 0 Å². The topological polar surface area (TPSA) is 26.0 Å². The zero-order valence-corrected chi connectivity index (χ0v) is 12.9. The fourth-order valence-electron chi connectivity index (χ4n) is 1.97. The molecule has 0 aromatic heterocycles. The summed E-state index contributed by atoms with van der Waals surface area (Å²) in [7, 11) is 0. The normalized spacial score (nSPS) is 13.9. The zero-order chi connectivity index (χ0) is 16.4. The van der Waals surface area contributed by atoms with E-state index in [9.17, 15) is 26.3 Å². The number of benzene rings is 1. The molecule has 128 valence electrons. The predicted octanol–water partition coefficient (Wildman–Crippen LogP) is 5.58. The summed E-state index contributed by atoms with van der Waals surface area (Å²) >= 11 is 0. The molecule has 0 radical (unpaired) electrons. The molecule has 0 spiro atoms. The van der Waals surface area contributed by atoms with Crippen LogP contribution in [0.15, 0.2) is 18.2 Å². The van der Waals surface area contributed by atoms with Gasteiger partial charge in [-0.05, 0) is 36.5 Å². The van der Waals surface area contributed by atoms with Crippen molar-refractivity contribution in [2.75, 3.05) is 0 Å². The number of alkyl halides is 6. The van der Waals surface area contributed by atoms with Gasteiger partial charge >= 0.3 is 12.4 Å². The van der Waals surface area contributed by atoms with Gasteiger partial charge in [-0.15, -0.1) is 12.4 Å². The third-order valence-electron chi connectivity index (χ3n) is 3.14. The maximum Gasteiger partial charge on any atom is 0.416 e. The molecule has 0 aliphatic rings. The first-order chi connectivity index (χ1) is 9.43. The number of hydrogen-bond donors (Lipinski definition) is 1. The molecule has 0 amide bonds. The van der Waals surface area contributed by atoms with E-state index in [0.717, 1.165) is 6.07 Å². The highest BCUT2D eigenvalue weighted by atomic mass is 35.5. The van der Waals surface area contributed by atoms with E-state index in [-0.39, 0.29) is 36.4 Å². The second kappa shape index (κ2) is 7.55. The van der Waals surface area contributed by atoms with Crippen molar-refractivity contribution in [2.45, 2.75) is 45.1 Å². The minimum Gasteiger partial charge on any atom is -0.324 e. The van der Waals surface area contributed by atoms with E-state index in [1.807, 2.05) is 13.8 Å². The molecule has 1 aromatic carbocycles. The summed E-state index contributed by atoms with van der Waals surface area (Å²) in [6.07, 6.45) is -8.81. The van der Waals surface area contributed by atoms with Gasteiger partial charge in [-0.1, -0.05) is 19.9 Å². The van der Waals surface area contributed by atoms with E-state index < -0.39 is 29.5 Å². The molecule has 0 heterocycles. The lowest BCUT2D eigenvalue weighted by Crippen LogP contribution is -2.19. The van der Waals surface area contributed by atoms with Gasteiger partial charge in [-0.2, -0.15) is 26.3 Å². The molecule has 0 fully saturated rings. The second-order valence-corrected chi connectivity index (χ2v) is 5.38. The summed E-state index contributed by atoms with van der Waals surface area (Å²) in [6.45, 7) is 3.79. The average Bonchev–Trinajstić information content (AvgIpc) is 2.33. The lowest BCUT2D eigenvalue weighted by molar-refractivity contribution is -0.143. The van der Waals surface area contributed by atoms with E-state index in [1.165, 1.54) is 0 Å². The molecule has 1 nitrogen and oxygen atoms in total. The Bertz CT molecular complexity index is 481. The highest BCUT2D eigenvalue weighted by Gasteiger charge is 2.38. The van der Waals surface area contributed by atoms with Gasteiger partial charge in [0.2, 0.25) is 0 Å². The van der Waals surface area contributed by atoms with Crippen molar-refractivity contribution >= 4 is 12.4 Å². The highest BCUT2D eigenvalue weighted by Crippen LogP contribution is 2.39. The summed E-state index contributed by atoms with van der Waals surface area (Å²) in [5, 5.41) is 0. The fourth-order valence-corrected chi connectivity index (χ4v) is 1.97. The summed E-state index contributed by atoms with van der Waals surface area (Å²) in [4.78, 5) is 0. The predicted molar refractivity (Wildman–Crippen MR) is 74.7 cm³/mol. The number of rotatable bonds is 4. The summed E-state index contributed by atoms with van der Waals surface area (Å²) < 4.78 is 76.5. The third kappa shape index (κ3) is 5.68. The standard InChI is InChI=1S/C14H17F6N.ClH/c1-8(2)3-6-12(21)10-5-4-9(13(15,16)17)7-11(10)14(18,19)20;/h4-5,7-8,12H,3,6,21H2,1-2H3;1H/t12-;/m1./s1.